The first-order valence-corrected chi connectivity index (χ1v) is 4.35. The first-order chi connectivity index (χ1) is 6.20. The van der Waals surface area contributed by atoms with Gasteiger partial charge in [-0.05, 0) is 28.1 Å². The molecule has 0 aromatic carbocycles. The standard InChI is InChI=1S/C8H5BrN2O2/c9-8-10-4-5-2-1-3-6(7(12)13)11(5)8/h1-4H,(H,12,13). The number of carboxylic acid groups (broad SMARTS) is 1. The van der Waals surface area contributed by atoms with Crippen LogP contribution < -0.4 is 0 Å². The number of carbonyl (C=O) groups is 1. The highest BCUT2D eigenvalue weighted by atomic mass is 79.9. The van der Waals surface area contributed by atoms with Gasteiger partial charge in [-0.25, -0.2) is 9.78 Å². The second-order valence-corrected chi connectivity index (χ2v) is 3.21. The Kier molecular flexibility index (Phi) is 1.81. The minimum Gasteiger partial charge on any atom is -0.477 e. The van der Waals surface area contributed by atoms with Crippen molar-refractivity contribution in [3.63, 3.8) is 0 Å². The van der Waals surface area contributed by atoms with Crippen LogP contribution >= 0.6 is 15.9 Å². The predicted molar refractivity (Wildman–Crippen MR) is 49.9 cm³/mol. The van der Waals surface area contributed by atoms with E-state index in [1.807, 2.05) is 0 Å². The molecule has 2 rings (SSSR count). The maximum absolute atomic E-state index is 10.8. The zero-order valence-corrected chi connectivity index (χ0v) is 8.02. The molecule has 4 nitrogen and oxygen atoms in total. The van der Waals surface area contributed by atoms with E-state index in [0.29, 0.717) is 4.73 Å². The second-order valence-electron chi connectivity index (χ2n) is 2.50. The molecule has 0 aliphatic rings. The quantitative estimate of drug-likeness (QED) is 0.828. The molecule has 0 saturated carbocycles. The van der Waals surface area contributed by atoms with Gasteiger partial charge in [0, 0.05) is 0 Å². The summed E-state index contributed by atoms with van der Waals surface area (Å²) in [7, 11) is 0. The molecule has 0 bridgehead atoms. The molecule has 0 spiro atoms. The highest BCUT2D eigenvalue weighted by Gasteiger charge is 2.10. The van der Waals surface area contributed by atoms with Crippen molar-refractivity contribution < 1.29 is 9.90 Å². The minimum atomic E-state index is -0.968. The van der Waals surface area contributed by atoms with Crippen LogP contribution in [0.3, 0.4) is 0 Å². The number of fused-ring (bicyclic) bond motifs is 1. The van der Waals surface area contributed by atoms with E-state index in [1.165, 1.54) is 10.5 Å². The highest BCUT2D eigenvalue weighted by Crippen LogP contribution is 2.15. The predicted octanol–water partition coefficient (Wildman–Crippen LogP) is 1.79. The molecule has 0 atom stereocenters. The Balaban J connectivity index is 2.88. The summed E-state index contributed by atoms with van der Waals surface area (Å²) >= 11 is 3.17. The van der Waals surface area contributed by atoms with Crippen LogP contribution in [0.25, 0.3) is 5.52 Å². The van der Waals surface area contributed by atoms with Crippen molar-refractivity contribution in [2.45, 2.75) is 0 Å². The summed E-state index contributed by atoms with van der Waals surface area (Å²) in [6.07, 6.45) is 1.61. The van der Waals surface area contributed by atoms with Crippen LogP contribution in [-0.2, 0) is 0 Å². The Labute approximate surface area is 82.0 Å². The van der Waals surface area contributed by atoms with E-state index in [4.69, 9.17) is 5.11 Å². The van der Waals surface area contributed by atoms with Gasteiger partial charge < -0.3 is 5.11 Å². The summed E-state index contributed by atoms with van der Waals surface area (Å²) in [5, 5.41) is 8.86. The number of rotatable bonds is 1. The maximum atomic E-state index is 10.8. The van der Waals surface area contributed by atoms with Crippen LogP contribution in [0.2, 0.25) is 0 Å². The van der Waals surface area contributed by atoms with Crippen LogP contribution in [0, 0.1) is 0 Å². The van der Waals surface area contributed by atoms with Gasteiger partial charge in [0.25, 0.3) is 0 Å². The third kappa shape index (κ3) is 1.21. The normalized spacial score (nSPS) is 10.5. The molecule has 0 fully saturated rings. The molecule has 0 unspecified atom stereocenters. The molecular formula is C8H5BrN2O2. The summed E-state index contributed by atoms with van der Waals surface area (Å²) in [5.74, 6) is -0.968. The summed E-state index contributed by atoms with van der Waals surface area (Å²) < 4.78 is 2.03. The van der Waals surface area contributed by atoms with Gasteiger partial charge in [-0.15, -0.1) is 0 Å². The average Bonchev–Trinajstić information content (AvgIpc) is 2.48. The fourth-order valence-electron chi connectivity index (χ4n) is 1.18. The lowest BCUT2D eigenvalue weighted by atomic mass is 10.3. The van der Waals surface area contributed by atoms with Crippen LogP contribution in [0.15, 0.2) is 29.1 Å². The maximum Gasteiger partial charge on any atom is 0.352 e. The molecule has 2 aromatic heterocycles. The van der Waals surface area contributed by atoms with Crippen LogP contribution in [0.1, 0.15) is 10.5 Å². The fraction of sp³-hybridized carbons (Fsp3) is 0. The van der Waals surface area contributed by atoms with Gasteiger partial charge in [-0.3, -0.25) is 4.40 Å². The van der Waals surface area contributed by atoms with E-state index in [-0.39, 0.29) is 5.69 Å². The van der Waals surface area contributed by atoms with E-state index in [2.05, 4.69) is 20.9 Å². The average molecular weight is 241 g/mol. The summed E-state index contributed by atoms with van der Waals surface area (Å²) in [4.78, 5) is 14.8. The lowest BCUT2D eigenvalue weighted by molar-refractivity contribution is 0.0688. The van der Waals surface area contributed by atoms with Gasteiger partial charge in [0.05, 0.1) is 11.7 Å². The van der Waals surface area contributed by atoms with Gasteiger partial charge in [0.15, 0.2) is 4.73 Å². The van der Waals surface area contributed by atoms with Crippen molar-refractivity contribution >= 4 is 27.4 Å². The van der Waals surface area contributed by atoms with E-state index in [9.17, 15) is 4.79 Å². The lowest BCUT2D eigenvalue weighted by Crippen LogP contribution is -2.04. The number of carboxylic acids is 1. The largest absolute Gasteiger partial charge is 0.477 e. The third-order valence-corrected chi connectivity index (χ3v) is 2.29. The first-order valence-electron chi connectivity index (χ1n) is 3.55. The van der Waals surface area contributed by atoms with E-state index in [1.54, 1.807) is 18.3 Å². The topological polar surface area (TPSA) is 54.6 Å². The Morgan fingerprint density at radius 1 is 1.54 bits per heavy atom. The van der Waals surface area contributed by atoms with Crippen LogP contribution in [0.4, 0.5) is 0 Å². The van der Waals surface area contributed by atoms with E-state index in [0.717, 1.165) is 5.52 Å². The Bertz CT molecular complexity index is 478. The van der Waals surface area contributed by atoms with E-state index >= 15 is 0 Å². The number of nitrogens with zero attached hydrogens (tertiary/aromatic N) is 2. The number of aromatic nitrogens is 2. The van der Waals surface area contributed by atoms with Gasteiger partial charge in [0.2, 0.25) is 0 Å². The van der Waals surface area contributed by atoms with Crippen molar-refractivity contribution in [1.82, 2.24) is 9.38 Å². The number of hydrogen-bond donors (Lipinski definition) is 1. The summed E-state index contributed by atoms with van der Waals surface area (Å²) in [6.45, 7) is 0. The molecule has 0 saturated heterocycles. The molecule has 1 N–H and O–H groups in total. The molecule has 66 valence electrons. The van der Waals surface area contributed by atoms with Crippen molar-refractivity contribution in [1.29, 1.82) is 0 Å². The van der Waals surface area contributed by atoms with Crippen molar-refractivity contribution in [2.24, 2.45) is 0 Å². The monoisotopic (exact) mass is 240 g/mol. The molecule has 2 heterocycles. The molecule has 13 heavy (non-hydrogen) atoms. The number of imidazole rings is 1. The second kappa shape index (κ2) is 2.85. The highest BCUT2D eigenvalue weighted by molar-refractivity contribution is 9.10. The van der Waals surface area contributed by atoms with E-state index < -0.39 is 5.97 Å². The van der Waals surface area contributed by atoms with Crippen molar-refractivity contribution in [3.05, 3.63) is 34.8 Å². The van der Waals surface area contributed by atoms with Crippen LogP contribution in [-0.4, -0.2) is 20.5 Å². The molecular weight excluding hydrogens is 236 g/mol. The molecule has 5 heteroatoms. The van der Waals surface area contributed by atoms with Crippen molar-refractivity contribution in [3.8, 4) is 0 Å². The Morgan fingerprint density at radius 3 is 3.00 bits per heavy atom. The molecule has 0 amide bonds. The smallest absolute Gasteiger partial charge is 0.352 e. The number of hydrogen-bond acceptors (Lipinski definition) is 2. The summed E-state index contributed by atoms with van der Waals surface area (Å²) in [5.41, 5.74) is 0.952. The zero-order chi connectivity index (χ0) is 9.42. The van der Waals surface area contributed by atoms with Crippen LogP contribution in [0.5, 0.6) is 0 Å². The Morgan fingerprint density at radius 2 is 2.31 bits per heavy atom. The molecule has 0 radical (unpaired) electrons. The number of halogens is 1. The lowest BCUT2D eigenvalue weighted by Gasteiger charge is -2.00. The Hall–Kier alpha value is -1.36. The molecule has 2 aromatic rings. The van der Waals surface area contributed by atoms with Gasteiger partial charge in [0.1, 0.15) is 5.69 Å². The fourth-order valence-corrected chi connectivity index (χ4v) is 1.67. The van der Waals surface area contributed by atoms with Gasteiger partial charge in [-0.1, -0.05) is 6.07 Å². The third-order valence-electron chi connectivity index (χ3n) is 1.73. The molecule has 0 aliphatic carbocycles. The summed E-state index contributed by atoms with van der Waals surface area (Å²) in [6, 6.07) is 5.01. The minimum absolute atomic E-state index is 0.196. The molecule has 0 aliphatic heterocycles. The first kappa shape index (κ1) is 8.25. The van der Waals surface area contributed by atoms with Gasteiger partial charge >= 0.3 is 5.97 Å². The van der Waals surface area contributed by atoms with Gasteiger partial charge in [-0.2, -0.15) is 0 Å². The zero-order valence-electron chi connectivity index (χ0n) is 6.44. The number of pyridine rings is 1. The SMILES string of the molecule is O=C(O)c1cccc2cnc(Br)n12. The van der Waals surface area contributed by atoms with Crippen molar-refractivity contribution in [2.75, 3.05) is 0 Å². The number of aromatic carboxylic acids is 1.